The summed E-state index contributed by atoms with van der Waals surface area (Å²) < 4.78 is 26.9. The molecule has 0 bridgehead atoms. The number of rotatable bonds is 4. The van der Waals surface area contributed by atoms with Gasteiger partial charge in [-0.05, 0) is 44.7 Å². The van der Waals surface area contributed by atoms with E-state index >= 15 is 0 Å². The molecule has 0 unspecified atom stereocenters. The number of carbonyl (C=O) groups is 2. The SMILES string of the molecule is CCN(C(=O)C1CCN(C(=O)c2ccc(F)cc2F)CC1)C1CCCC1. The third-order valence-corrected chi connectivity index (χ3v) is 5.68. The van der Waals surface area contributed by atoms with Crippen molar-refractivity contribution in [3.63, 3.8) is 0 Å². The van der Waals surface area contributed by atoms with Gasteiger partial charge >= 0.3 is 0 Å². The van der Waals surface area contributed by atoms with Crippen molar-refractivity contribution in [1.82, 2.24) is 9.80 Å². The van der Waals surface area contributed by atoms with Gasteiger partial charge in [0.2, 0.25) is 5.91 Å². The third-order valence-electron chi connectivity index (χ3n) is 5.68. The summed E-state index contributed by atoms with van der Waals surface area (Å²) in [5, 5.41) is 0. The number of hydrogen-bond donors (Lipinski definition) is 0. The number of carbonyl (C=O) groups excluding carboxylic acids is 2. The first kappa shape index (κ1) is 18.8. The largest absolute Gasteiger partial charge is 0.340 e. The molecule has 0 atom stereocenters. The summed E-state index contributed by atoms with van der Waals surface area (Å²) in [6, 6.07) is 3.36. The number of likely N-dealkylation sites (tertiary alicyclic amines) is 1. The van der Waals surface area contributed by atoms with E-state index in [0.29, 0.717) is 32.0 Å². The van der Waals surface area contributed by atoms with Crippen molar-refractivity contribution in [2.24, 2.45) is 5.92 Å². The van der Waals surface area contributed by atoms with Crippen molar-refractivity contribution in [3.05, 3.63) is 35.4 Å². The van der Waals surface area contributed by atoms with Crippen molar-refractivity contribution in [1.29, 1.82) is 0 Å². The van der Waals surface area contributed by atoms with Crippen LogP contribution in [-0.4, -0.2) is 47.3 Å². The third kappa shape index (κ3) is 3.89. The van der Waals surface area contributed by atoms with E-state index in [-0.39, 0.29) is 17.4 Å². The van der Waals surface area contributed by atoms with E-state index in [2.05, 4.69) is 0 Å². The minimum atomic E-state index is -0.841. The number of hydrogen-bond acceptors (Lipinski definition) is 2. The van der Waals surface area contributed by atoms with E-state index in [0.717, 1.165) is 31.5 Å². The quantitative estimate of drug-likeness (QED) is 0.819. The lowest BCUT2D eigenvalue weighted by atomic mass is 9.94. The Morgan fingerprint density at radius 1 is 1.12 bits per heavy atom. The first-order chi connectivity index (χ1) is 12.5. The van der Waals surface area contributed by atoms with Crippen LogP contribution in [0.4, 0.5) is 8.78 Å². The van der Waals surface area contributed by atoms with Crippen LogP contribution in [0.1, 0.15) is 55.8 Å². The molecule has 1 aromatic carbocycles. The molecule has 2 amide bonds. The molecule has 1 aliphatic carbocycles. The van der Waals surface area contributed by atoms with Gasteiger partial charge in [0.1, 0.15) is 11.6 Å². The highest BCUT2D eigenvalue weighted by Gasteiger charge is 2.34. The lowest BCUT2D eigenvalue weighted by molar-refractivity contribution is -0.139. The molecule has 0 N–H and O–H groups in total. The van der Waals surface area contributed by atoms with Crippen molar-refractivity contribution < 1.29 is 18.4 Å². The second kappa shape index (κ2) is 8.14. The van der Waals surface area contributed by atoms with Crippen LogP contribution in [0.15, 0.2) is 18.2 Å². The maximum atomic E-state index is 13.8. The maximum Gasteiger partial charge on any atom is 0.256 e. The van der Waals surface area contributed by atoms with Crippen molar-refractivity contribution in [3.8, 4) is 0 Å². The Kier molecular flexibility index (Phi) is 5.89. The Labute approximate surface area is 153 Å². The van der Waals surface area contributed by atoms with Crippen molar-refractivity contribution >= 4 is 11.8 Å². The Balaban J connectivity index is 1.59. The molecule has 1 heterocycles. The molecular formula is C20H26F2N2O2. The van der Waals surface area contributed by atoms with Crippen molar-refractivity contribution in [2.45, 2.75) is 51.5 Å². The smallest absolute Gasteiger partial charge is 0.256 e. The highest BCUT2D eigenvalue weighted by atomic mass is 19.1. The minimum Gasteiger partial charge on any atom is -0.340 e. The fourth-order valence-electron chi connectivity index (χ4n) is 4.21. The average Bonchev–Trinajstić information content (AvgIpc) is 3.16. The lowest BCUT2D eigenvalue weighted by Crippen LogP contribution is -2.47. The van der Waals surface area contributed by atoms with E-state index in [1.165, 1.54) is 18.9 Å². The Hall–Kier alpha value is -1.98. The van der Waals surface area contributed by atoms with Crippen LogP contribution in [0.5, 0.6) is 0 Å². The summed E-state index contributed by atoms with van der Waals surface area (Å²) in [7, 11) is 0. The lowest BCUT2D eigenvalue weighted by Gasteiger charge is -2.36. The average molecular weight is 364 g/mol. The molecule has 0 radical (unpaired) electrons. The molecule has 1 aliphatic heterocycles. The zero-order chi connectivity index (χ0) is 18.7. The number of benzene rings is 1. The van der Waals surface area contributed by atoms with E-state index in [1.807, 2.05) is 11.8 Å². The second-order valence-electron chi connectivity index (χ2n) is 7.25. The first-order valence-corrected chi connectivity index (χ1v) is 9.56. The van der Waals surface area contributed by atoms with Crippen LogP contribution in [0, 0.1) is 17.6 Å². The molecule has 6 heteroatoms. The summed E-state index contributed by atoms with van der Waals surface area (Å²) in [6.07, 6.45) is 5.73. The molecule has 0 aromatic heterocycles. The summed E-state index contributed by atoms with van der Waals surface area (Å²) in [6.45, 7) is 3.60. The molecule has 142 valence electrons. The van der Waals surface area contributed by atoms with E-state index in [1.54, 1.807) is 4.90 Å². The van der Waals surface area contributed by atoms with Gasteiger partial charge < -0.3 is 9.80 Å². The molecule has 1 saturated heterocycles. The molecule has 3 rings (SSSR count). The van der Waals surface area contributed by atoms with Crippen LogP contribution < -0.4 is 0 Å². The monoisotopic (exact) mass is 364 g/mol. The molecule has 1 aromatic rings. The molecule has 1 saturated carbocycles. The molecule has 4 nitrogen and oxygen atoms in total. The highest BCUT2D eigenvalue weighted by molar-refractivity contribution is 5.94. The van der Waals surface area contributed by atoms with Crippen LogP contribution in [0.2, 0.25) is 0 Å². The normalized spacial score (nSPS) is 19.0. The van der Waals surface area contributed by atoms with Gasteiger partial charge in [0.05, 0.1) is 5.56 Å². The van der Waals surface area contributed by atoms with Gasteiger partial charge in [-0.1, -0.05) is 12.8 Å². The van der Waals surface area contributed by atoms with E-state index in [9.17, 15) is 18.4 Å². The Morgan fingerprint density at radius 2 is 1.77 bits per heavy atom. The predicted octanol–water partition coefficient (Wildman–Crippen LogP) is 3.61. The van der Waals surface area contributed by atoms with Gasteiger partial charge in [0, 0.05) is 37.7 Å². The minimum absolute atomic E-state index is 0.0716. The van der Waals surface area contributed by atoms with Gasteiger partial charge in [-0.25, -0.2) is 8.78 Å². The van der Waals surface area contributed by atoms with Gasteiger partial charge in [-0.3, -0.25) is 9.59 Å². The summed E-state index contributed by atoms with van der Waals surface area (Å²) in [5.41, 5.74) is -0.114. The summed E-state index contributed by atoms with van der Waals surface area (Å²) in [4.78, 5) is 28.9. The fourth-order valence-corrected chi connectivity index (χ4v) is 4.21. The van der Waals surface area contributed by atoms with Crippen LogP contribution >= 0.6 is 0 Å². The fraction of sp³-hybridized carbons (Fsp3) is 0.600. The second-order valence-corrected chi connectivity index (χ2v) is 7.25. The molecule has 26 heavy (non-hydrogen) atoms. The Morgan fingerprint density at radius 3 is 2.35 bits per heavy atom. The maximum absolute atomic E-state index is 13.8. The van der Waals surface area contributed by atoms with Gasteiger partial charge in [0.25, 0.3) is 5.91 Å². The topological polar surface area (TPSA) is 40.6 Å². The van der Waals surface area contributed by atoms with Crippen molar-refractivity contribution in [2.75, 3.05) is 19.6 Å². The molecule has 0 spiro atoms. The van der Waals surface area contributed by atoms with Gasteiger partial charge in [-0.2, -0.15) is 0 Å². The zero-order valence-electron chi connectivity index (χ0n) is 15.2. The molecule has 2 fully saturated rings. The first-order valence-electron chi connectivity index (χ1n) is 9.56. The molecule has 2 aliphatic rings. The van der Waals surface area contributed by atoms with Crippen LogP contribution in [0.25, 0.3) is 0 Å². The standard InChI is InChI=1S/C20H26F2N2O2/c1-2-24(16-5-3-4-6-16)19(25)14-9-11-23(12-10-14)20(26)17-8-7-15(21)13-18(17)22/h7-8,13-14,16H,2-6,9-12H2,1H3. The summed E-state index contributed by atoms with van der Waals surface area (Å²) in [5.74, 6) is -1.85. The zero-order valence-corrected chi connectivity index (χ0v) is 15.2. The number of halogens is 2. The Bertz CT molecular complexity index is 666. The van der Waals surface area contributed by atoms with Gasteiger partial charge in [0.15, 0.2) is 0 Å². The molecular weight excluding hydrogens is 338 g/mol. The predicted molar refractivity (Wildman–Crippen MR) is 94.6 cm³/mol. The van der Waals surface area contributed by atoms with Crippen LogP contribution in [0.3, 0.4) is 0 Å². The summed E-state index contributed by atoms with van der Waals surface area (Å²) >= 11 is 0. The number of amides is 2. The van der Waals surface area contributed by atoms with E-state index in [4.69, 9.17) is 0 Å². The number of piperidine rings is 1. The highest BCUT2D eigenvalue weighted by Crippen LogP contribution is 2.28. The number of nitrogens with zero attached hydrogens (tertiary/aromatic N) is 2. The van der Waals surface area contributed by atoms with Gasteiger partial charge in [-0.15, -0.1) is 0 Å². The van der Waals surface area contributed by atoms with Crippen LogP contribution in [-0.2, 0) is 4.79 Å². The van der Waals surface area contributed by atoms with E-state index < -0.39 is 17.5 Å².